The minimum atomic E-state index is -0.131. The van der Waals surface area contributed by atoms with E-state index in [1.165, 1.54) is 0 Å². The summed E-state index contributed by atoms with van der Waals surface area (Å²) < 4.78 is 1.57. The lowest BCUT2D eigenvalue weighted by Gasteiger charge is -2.15. The van der Waals surface area contributed by atoms with Crippen LogP contribution >= 0.6 is 0 Å². The first-order chi connectivity index (χ1) is 10.8. The van der Waals surface area contributed by atoms with E-state index in [-0.39, 0.29) is 11.5 Å². The Labute approximate surface area is 126 Å². The third-order valence-corrected chi connectivity index (χ3v) is 3.90. The summed E-state index contributed by atoms with van der Waals surface area (Å²) in [4.78, 5) is 31.2. The van der Waals surface area contributed by atoms with E-state index in [1.54, 1.807) is 33.7 Å². The quantitative estimate of drug-likeness (QED) is 0.689. The van der Waals surface area contributed by atoms with E-state index in [4.69, 9.17) is 0 Å². The number of hydrogen-bond acceptors (Lipinski definition) is 3. The summed E-state index contributed by atoms with van der Waals surface area (Å²) in [6.07, 6.45) is 0. The van der Waals surface area contributed by atoms with Crippen molar-refractivity contribution >= 4 is 22.8 Å². The SMILES string of the molecule is O=C(c1ccccc1)N1CCn2c1nc1ccccc1c2=O. The van der Waals surface area contributed by atoms with E-state index in [2.05, 4.69) is 4.98 Å². The maximum absolute atomic E-state index is 12.6. The normalized spacial score (nSPS) is 13.4. The van der Waals surface area contributed by atoms with Crippen LogP contribution in [0.2, 0.25) is 0 Å². The Morgan fingerprint density at radius 2 is 1.68 bits per heavy atom. The van der Waals surface area contributed by atoms with Gasteiger partial charge in [-0.15, -0.1) is 0 Å². The molecule has 0 fully saturated rings. The van der Waals surface area contributed by atoms with Gasteiger partial charge in [0.05, 0.1) is 10.9 Å². The number of fused-ring (bicyclic) bond motifs is 2. The molecule has 0 spiro atoms. The molecule has 3 aromatic rings. The number of aromatic nitrogens is 2. The van der Waals surface area contributed by atoms with Crippen molar-refractivity contribution in [1.29, 1.82) is 0 Å². The van der Waals surface area contributed by atoms with Crippen LogP contribution < -0.4 is 10.5 Å². The number of carbonyl (C=O) groups is 1. The molecule has 5 nitrogen and oxygen atoms in total. The van der Waals surface area contributed by atoms with E-state index in [0.29, 0.717) is 35.5 Å². The van der Waals surface area contributed by atoms with Crippen LogP contribution in [0.1, 0.15) is 10.4 Å². The summed E-state index contributed by atoms with van der Waals surface area (Å²) >= 11 is 0. The van der Waals surface area contributed by atoms with Gasteiger partial charge in [-0.2, -0.15) is 0 Å². The minimum absolute atomic E-state index is 0.0936. The minimum Gasteiger partial charge on any atom is -0.276 e. The van der Waals surface area contributed by atoms with Crippen molar-refractivity contribution in [1.82, 2.24) is 9.55 Å². The molecule has 4 rings (SSSR count). The predicted molar refractivity (Wildman–Crippen MR) is 84.1 cm³/mol. The number of anilines is 1. The van der Waals surface area contributed by atoms with Gasteiger partial charge in [0, 0.05) is 18.7 Å². The Hall–Kier alpha value is -2.95. The third-order valence-electron chi connectivity index (χ3n) is 3.90. The molecule has 0 saturated heterocycles. The van der Waals surface area contributed by atoms with E-state index in [9.17, 15) is 9.59 Å². The Bertz CT molecular complexity index is 932. The standard InChI is InChI=1S/C17H13N3O2/c21-15(12-6-2-1-3-7-12)19-10-11-20-16(22)13-8-4-5-9-14(13)18-17(19)20/h1-9H,10-11H2. The predicted octanol–water partition coefficient (Wildman–Crippen LogP) is 2.06. The second kappa shape index (κ2) is 4.80. The molecule has 1 aliphatic rings. The van der Waals surface area contributed by atoms with E-state index >= 15 is 0 Å². The number of para-hydroxylation sites is 1. The van der Waals surface area contributed by atoms with Crippen LogP contribution in [0.15, 0.2) is 59.4 Å². The van der Waals surface area contributed by atoms with Crippen molar-refractivity contribution in [3.05, 3.63) is 70.5 Å². The van der Waals surface area contributed by atoms with Gasteiger partial charge in [-0.3, -0.25) is 19.1 Å². The van der Waals surface area contributed by atoms with E-state index in [0.717, 1.165) is 0 Å². The molecule has 1 aliphatic heterocycles. The lowest BCUT2D eigenvalue weighted by atomic mass is 10.2. The zero-order valence-electron chi connectivity index (χ0n) is 11.8. The van der Waals surface area contributed by atoms with Crippen molar-refractivity contribution in [2.24, 2.45) is 0 Å². The highest BCUT2D eigenvalue weighted by Gasteiger charge is 2.28. The molecule has 2 aromatic carbocycles. The molecule has 0 atom stereocenters. The summed E-state index contributed by atoms with van der Waals surface area (Å²) in [5.41, 5.74) is 1.12. The van der Waals surface area contributed by atoms with Gasteiger partial charge in [-0.1, -0.05) is 30.3 Å². The number of hydrogen-bond donors (Lipinski definition) is 0. The third kappa shape index (κ3) is 1.83. The second-order valence-corrected chi connectivity index (χ2v) is 5.21. The van der Waals surface area contributed by atoms with Crippen LogP contribution in [0.3, 0.4) is 0 Å². The van der Waals surface area contributed by atoms with Gasteiger partial charge < -0.3 is 0 Å². The Morgan fingerprint density at radius 1 is 0.955 bits per heavy atom. The van der Waals surface area contributed by atoms with Crippen molar-refractivity contribution in [3.63, 3.8) is 0 Å². The van der Waals surface area contributed by atoms with Gasteiger partial charge in [0.15, 0.2) is 0 Å². The molecular weight excluding hydrogens is 278 g/mol. The van der Waals surface area contributed by atoms with Gasteiger partial charge >= 0.3 is 0 Å². The average molecular weight is 291 g/mol. The van der Waals surface area contributed by atoms with Crippen LogP contribution in [-0.2, 0) is 6.54 Å². The fraction of sp³-hybridized carbons (Fsp3) is 0.118. The Balaban J connectivity index is 1.86. The lowest BCUT2D eigenvalue weighted by molar-refractivity contribution is 0.0988. The smallest absolute Gasteiger partial charge is 0.262 e. The zero-order chi connectivity index (χ0) is 15.1. The number of benzene rings is 2. The van der Waals surface area contributed by atoms with Crippen molar-refractivity contribution in [3.8, 4) is 0 Å². The van der Waals surface area contributed by atoms with Gasteiger partial charge in [-0.05, 0) is 24.3 Å². The molecule has 5 heteroatoms. The van der Waals surface area contributed by atoms with Crippen molar-refractivity contribution in [2.75, 3.05) is 11.4 Å². The maximum Gasteiger partial charge on any atom is 0.262 e. The molecule has 1 aromatic heterocycles. The van der Waals surface area contributed by atoms with E-state index < -0.39 is 0 Å². The topological polar surface area (TPSA) is 55.2 Å². The summed E-state index contributed by atoms with van der Waals surface area (Å²) in [5.74, 6) is 0.298. The summed E-state index contributed by atoms with van der Waals surface area (Å²) in [7, 11) is 0. The van der Waals surface area contributed by atoms with Gasteiger partial charge in [-0.25, -0.2) is 4.98 Å². The molecule has 0 bridgehead atoms. The first kappa shape index (κ1) is 12.8. The van der Waals surface area contributed by atoms with Crippen LogP contribution in [0.4, 0.5) is 5.95 Å². The monoisotopic (exact) mass is 291 g/mol. The maximum atomic E-state index is 12.6. The van der Waals surface area contributed by atoms with Gasteiger partial charge in [0.2, 0.25) is 5.95 Å². The molecule has 0 N–H and O–H groups in total. The molecule has 0 radical (unpaired) electrons. The fourth-order valence-electron chi connectivity index (χ4n) is 2.79. The Morgan fingerprint density at radius 3 is 2.50 bits per heavy atom. The molecule has 0 unspecified atom stereocenters. The summed E-state index contributed by atoms with van der Waals surface area (Å²) in [5, 5.41) is 0.584. The molecule has 1 amide bonds. The second-order valence-electron chi connectivity index (χ2n) is 5.21. The van der Waals surface area contributed by atoms with Gasteiger partial charge in [0.25, 0.3) is 11.5 Å². The zero-order valence-corrected chi connectivity index (χ0v) is 11.8. The first-order valence-electron chi connectivity index (χ1n) is 7.12. The van der Waals surface area contributed by atoms with Gasteiger partial charge in [0.1, 0.15) is 0 Å². The van der Waals surface area contributed by atoms with Crippen molar-refractivity contribution < 1.29 is 4.79 Å². The number of carbonyl (C=O) groups excluding carboxylic acids is 1. The van der Waals surface area contributed by atoms with Crippen LogP contribution in [0.5, 0.6) is 0 Å². The number of nitrogens with zero attached hydrogens (tertiary/aromatic N) is 3. The number of amides is 1. The largest absolute Gasteiger partial charge is 0.276 e. The van der Waals surface area contributed by atoms with Crippen LogP contribution in [0, 0.1) is 0 Å². The molecule has 0 saturated carbocycles. The molecular formula is C17H13N3O2. The highest BCUT2D eigenvalue weighted by Crippen LogP contribution is 2.21. The molecule has 2 heterocycles. The van der Waals surface area contributed by atoms with Crippen molar-refractivity contribution in [2.45, 2.75) is 6.54 Å². The van der Waals surface area contributed by atoms with Crippen LogP contribution in [-0.4, -0.2) is 22.0 Å². The fourth-order valence-corrected chi connectivity index (χ4v) is 2.79. The lowest BCUT2D eigenvalue weighted by Crippen LogP contribution is -2.30. The molecule has 0 aliphatic carbocycles. The molecule has 22 heavy (non-hydrogen) atoms. The van der Waals surface area contributed by atoms with E-state index in [1.807, 2.05) is 30.3 Å². The molecule has 108 valence electrons. The summed E-state index contributed by atoms with van der Waals surface area (Å²) in [6, 6.07) is 16.3. The Kier molecular flexibility index (Phi) is 2.79. The highest BCUT2D eigenvalue weighted by molar-refractivity contribution is 6.05. The van der Waals surface area contributed by atoms with Crippen LogP contribution in [0.25, 0.3) is 10.9 Å². The highest BCUT2D eigenvalue weighted by atomic mass is 16.2. The first-order valence-corrected chi connectivity index (χ1v) is 7.12. The average Bonchev–Trinajstić information content (AvgIpc) is 2.99. The number of rotatable bonds is 1. The summed E-state index contributed by atoms with van der Waals surface area (Å²) in [6.45, 7) is 0.941.